The zero-order valence-electron chi connectivity index (χ0n) is 11.8. The van der Waals surface area contributed by atoms with Gasteiger partial charge in [0.2, 0.25) is 5.91 Å². The van der Waals surface area contributed by atoms with Crippen molar-refractivity contribution >= 4 is 16.8 Å². The average Bonchev–Trinajstić information content (AvgIpc) is 3.04. The number of aromatic nitrogens is 1. The van der Waals surface area contributed by atoms with E-state index in [4.69, 9.17) is 4.74 Å². The van der Waals surface area contributed by atoms with Gasteiger partial charge in [0.25, 0.3) is 0 Å². The Kier molecular flexibility index (Phi) is 3.74. The third-order valence-corrected chi connectivity index (χ3v) is 4.04. The quantitative estimate of drug-likeness (QED) is 0.907. The van der Waals surface area contributed by atoms with Gasteiger partial charge in [0.15, 0.2) is 0 Å². The second-order valence-corrected chi connectivity index (χ2v) is 5.47. The van der Waals surface area contributed by atoms with Crippen molar-refractivity contribution < 1.29 is 9.53 Å². The SMILES string of the molecule is COCCN1C[C@H](Cc2cccc3cc[nH]c23)CC1=O. The molecule has 1 N–H and O–H groups in total. The molecule has 0 radical (unpaired) electrons. The first-order valence-corrected chi connectivity index (χ1v) is 7.09. The summed E-state index contributed by atoms with van der Waals surface area (Å²) in [6.07, 6.45) is 3.58. The molecule has 1 aromatic carbocycles. The van der Waals surface area contributed by atoms with Crippen molar-refractivity contribution in [3.8, 4) is 0 Å². The fourth-order valence-electron chi connectivity index (χ4n) is 3.04. The lowest BCUT2D eigenvalue weighted by Crippen LogP contribution is -2.28. The number of benzene rings is 1. The zero-order chi connectivity index (χ0) is 13.9. The number of likely N-dealkylation sites (tertiary alicyclic amines) is 1. The maximum absolute atomic E-state index is 12.0. The molecule has 1 fully saturated rings. The third kappa shape index (κ3) is 2.56. The van der Waals surface area contributed by atoms with Crippen molar-refractivity contribution in [1.29, 1.82) is 0 Å². The summed E-state index contributed by atoms with van der Waals surface area (Å²) in [7, 11) is 1.67. The zero-order valence-corrected chi connectivity index (χ0v) is 11.8. The number of nitrogens with zero attached hydrogens (tertiary/aromatic N) is 1. The Balaban J connectivity index is 1.70. The predicted molar refractivity (Wildman–Crippen MR) is 78.6 cm³/mol. The summed E-state index contributed by atoms with van der Waals surface area (Å²) in [5, 5.41) is 1.24. The van der Waals surface area contributed by atoms with Gasteiger partial charge in [-0.2, -0.15) is 0 Å². The number of nitrogens with one attached hydrogen (secondary N) is 1. The predicted octanol–water partition coefficient (Wildman–Crippen LogP) is 2.21. The van der Waals surface area contributed by atoms with E-state index >= 15 is 0 Å². The van der Waals surface area contributed by atoms with Crippen LogP contribution in [-0.2, 0) is 16.0 Å². The van der Waals surface area contributed by atoms with Gasteiger partial charge in [0, 0.05) is 38.3 Å². The second kappa shape index (κ2) is 5.67. The Morgan fingerprint density at radius 1 is 1.40 bits per heavy atom. The number of hydrogen-bond acceptors (Lipinski definition) is 2. The summed E-state index contributed by atoms with van der Waals surface area (Å²) in [5.74, 6) is 0.666. The number of methoxy groups -OCH3 is 1. The van der Waals surface area contributed by atoms with Crippen molar-refractivity contribution in [3.05, 3.63) is 36.0 Å². The van der Waals surface area contributed by atoms with E-state index in [1.54, 1.807) is 7.11 Å². The lowest BCUT2D eigenvalue weighted by Gasteiger charge is -2.16. The molecule has 2 heterocycles. The van der Waals surface area contributed by atoms with Crippen LogP contribution in [0.15, 0.2) is 30.5 Å². The number of hydrogen-bond donors (Lipinski definition) is 1. The van der Waals surface area contributed by atoms with Gasteiger partial charge in [-0.1, -0.05) is 18.2 Å². The summed E-state index contributed by atoms with van der Waals surface area (Å²) in [6, 6.07) is 8.44. The Bertz CT molecular complexity index is 605. The first kappa shape index (κ1) is 13.2. The van der Waals surface area contributed by atoms with E-state index < -0.39 is 0 Å². The fourth-order valence-corrected chi connectivity index (χ4v) is 3.04. The monoisotopic (exact) mass is 272 g/mol. The second-order valence-electron chi connectivity index (χ2n) is 5.47. The molecule has 0 unspecified atom stereocenters. The largest absolute Gasteiger partial charge is 0.383 e. The van der Waals surface area contributed by atoms with Crippen LogP contribution >= 0.6 is 0 Å². The number of amides is 1. The summed E-state index contributed by atoms with van der Waals surface area (Å²) in [6.45, 7) is 2.17. The third-order valence-electron chi connectivity index (χ3n) is 4.04. The molecule has 2 aromatic rings. The Morgan fingerprint density at radius 2 is 2.30 bits per heavy atom. The van der Waals surface area contributed by atoms with Crippen LogP contribution in [0, 0.1) is 5.92 Å². The molecule has 1 atom stereocenters. The van der Waals surface area contributed by atoms with Crippen LogP contribution in [0.4, 0.5) is 0 Å². The molecule has 4 heteroatoms. The molecule has 1 aromatic heterocycles. The Labute approximate surface area is 118 Å². The highest BCUT2D eigenvalue weighted by Gasteiger charge is 2.29. The molecular formula is C16H20N2O2. The highest BCUT2D eigenvalue weighted by molar-refractivity contribution is 5.83. The molecule has 1 saturated heterocycles. The molecule has 1 aliphatic heterocycles. The number of carbonyl (C=O) groups excluding carboxylic acids is 1. The van der Waals surface area contributed by atoms with Gasteiger partial charge in [0.1, 0.15) is 0 Å². The highest BCUT2D eigenvalue weighted by Crippen LogP contribution is 2.25. The number of fused-ring (bicyclic) bond motifs is 1. The van der Waals surface area contributed by atoms with Crippen LogP contribution in [0.2, 0.25) is 0 Å². The van der Waals surface area contributed by atoms with E-state index in [0.717, 1.165) is 13.0 Å². The van der Waals surface area contributed by atoms with Crippen molar-refractivity contribution in [3.63, 3.8) is 0 Å². The minimum absolute atomic E-state index is 0.255. The first-order valence-electron chi connectivity index (χ1n) is 7.09. The van der Waals surface area contributed by atoms with Crippen LogP contribution in [0.5, 0.6) is 0 Å². The molecule has 0 saturated carbocycles. The molecule has 1 amide bonds. The maximum Gasteiger partial charge on any atom is 0.223 e. The van der Waals surface area contributed by atoms with E-state index in [-0.39, 0.29) is 5.91 Å². The van der Waals surface area contributed by atoms with Crippen molar-refractivity contribution in [1.82, 2.24) is 9.88 Å². The van der Waals surface area contributed by atoms with E-state index in [1.807, 2.05) is 11.1 Å². The van der Waals surface area contributed by atoms with Gasteiger partial charge >= 0.3 is 0 Å². The molecule has 0 aliphatic carbocycles. The van der Waals surface area contributed by atoms with Crippen LogP contribution in [0.25, 0.3) is 10.9 Å². The Hall–Kier alpha value is -1.81. The smallest absolute Gasteiger partial charge is 0.223 e. The van der Waals surface area contributed by atoms with Gasteiger partial charge in [-0.05, 0) is 29.4 Å². The van der Waals surface area contributed by atoms with Crippen molar-refractivity contribution in [2.24, 2.45) is 5.92 Å². The molecule has 3 rings (SSSR count). The number of ether oxygens (including phenoxy) is 1. The normalized spacial score (nSPS) is 19.1. The van der Waals surface area contributed by atoms with Crippen LogP contribution in [-0.4, -0.2) is 42.6 Å². The van der Waals surface area contributed by atoms with E-state index in [2.05, 4.69) is 29.2 Å². The minimum atomic E-state index is 0.255. The number of H-pyrrole nitrogens is 1. The van der Waals surface area contributed by atoms with Gasteiger partial charge in [0.05, 0.1) is 6.61 Å². The van der Waals surface area contributed by atoms with Gasteiger partial charge in [-0.15, -0.1) is 0 Å². The highest BCUT2D eigenvalue weighted by atomic mass is 16.5. The molecule has 20 heavy (non-hydrogen) atoms. The van der Waals surface area contributed by atoms with E-state index in [0.29, 0.717) is 25.5 Å². The van der Waals surface area contributed by atoms with Gasteiger partial charge < -0.3 is 14.6 Å². The van der Waals surface area contributed by atoms with E-state index in [1.165, 1.54) is 16.5 Å². The summed E-state index contributed by atoms with van der Waals surface area (Å²) < 4.78 is 5.05. The molecular weight excluding hydrogens is 252 g/mol. The van der Waals surface area contributed by atoms with E-state index in [9.17, 15) is 4.79 Å². The summed E-state index contributed by atoms with van der Waals surface area (Å²) in [4.78, 5) is 17.2. The number of carbonyl (C=O) groups is 1. The van der Waals surface area contributed by atoms with Crippen LogP contribution < -0.4 is 0 Å². The number of rotatable bonds is 5. The fraction of sp³-hybridized carbons (Fsp3) is 0.438. The minimum Gasteiger partial charge on any atom is -0.383 e. The van der Waals surface area contributed by atoms with Crippen LogP contribution in [0.1, 0.15) is 12.0 Å². The first-order chi connectivity index (χ1) is 9.78. The van der Waals surface area contributed by atoms with Crippen molar-refractivity contribution in [2.45, 2.75) is 12.8 Å². The standard InChI is InChI=1S/C16H20N2O2/c1-20-8-7-18-11-12(10-15(18)19)9-14-4-2-3-13-5-6-17-16(13)14/h2-6,12,17H,7-11H2,1H3/t12-/m1/s1. The number of aromatic amines is 1. The molecule has 4 nitrogen and oxygen atoms in total. The molecule has 0 spiro atoms. The van der Waals surface area contributed by atoms with Crippen LogP contribution in [0.3, 0.4) is 0 Å². The summed E-state index contributed by atoms with van der Waals surface area (Å²) in [5.41, 5.74) is 2.51. The topological polar surface area (TPSA) is 45.3 Å². The lowest BCUT2D eigenvalue weighted by atomic mass is 9.97. The van der Waals surface area contributed by atoms with Crippen molar-refractivity contribution in [2.75, 3.05) is 26.8 Å². The lowest BCUT2D eigenvalue weighted by molar-refractivity contribution is -0.128. The summed E-state index contributed by atoms with van der Waals surface area (Å²) >= 11 is 0. The van der Waals surface area contributed by atoms with Gasteiger partial charge in [-0.3, -0.25) is 4.79 Å². The van der Waals surface area contributed by atoms with Gasteiger partial charge in [-0.25, -0.2) is 0 Å². The molecule has 0 bridgehead atoms. The number of para-hydroxylation sites is 1. The maximum atomic E-state index is 12.0. The Morgan fingerprint density at radius 3 is 3.15 bits per heavy atom. The molecule has 1 aliphatic rings. The average molecular weight is 272 g/mol. The molecule has 106 valence electrons.